The van der Waals surface area contributed by atoms with Crippen LogP contribution in [0, 0.1) is 0 Å². The van der Waals surface area contributed by atoms with E-state index in [9.17, 15) is 0 Å². The van der Waals surface area contributed by atoms with Gasteiger partial charge in [-0.1, -0.05) is 0 Å². The van der Waals surface area contributed by atoms with E-state index in [1.807, 2.05) is 6.20 Å². The highest BCUT2D eigenvalue weighted by Crippen LogP contribution is 2.32. The lowest BCUT2D eigenvalue weighted by Gasteiger charge is -2.24. The van der Waals surface area contributed by atoms with E-state index in [1.54, 1.807) is 7.11 Å². The average molecular weight is 252 g/mol. The maximum atomic E-state index is 5.47. The minimum atomic E-state index is 0.575. The molecule has 1 aliphatic heterocycles. The Labute approximate surface area is 109 Å². The molecule has 102 valence electrons. The molecule has 1 N–H and O–H groups in total. The van der Waals surface area contributed by atoms with Gasteiger partial charge in [-0.25, -0.2) is 0 Å². The molecule has 0 aliphatic carbocycles. The van der Waals surface area contributed by atoms with Crippen molar-refractivity contribution in [3.63, 3.8) is 0 Å². The number of likely N-dealkylation sites (N-methyl/N-ethyl adjacent to an activating group) is 1. The fourth-order valence-electron chi connectivity index (χ4n) is 2.52. The first kappa shape index (κ1) is 13.4. The van der Waals surface area contributed by atoms with Crippen molar-refractivity contribution in [3.8, 4) is 5.75 Å². The van der Waals surface area contributed by atoms with Crippen LogP contribution in [-0.2, 0) is 6.54 Å². The number of rotatable bonds is 5. The Kier molecular flexibility index (Phi) is 4.60. The number of hydrogen-bond donors (Lipinski definition) is 1. The zero-order valence-electron chi connectivity index (χ0n) is 11.6. The second kappa shape index (κ2) is 6.20. The van der Waals surface area contributed by atoms with Gasteiger partial charge < -0.3 is 15.0 Å². The Hall–Kier alpha value is -1.07. The van der Waals surface area contributed by atoms with Gasteiger partial charge in [-0.2, -0.15) is 5.10 Å². The lowest BCUT2D eigenvalue weighted by Crippen LogP contribution is -2.29. The van der Waals surface area contributed by atoms with E-state index in [4.69, 9.17) is 4.74 Å². The third-order valence-electron chi connectivity index (χ3n) is 3.55. The first-order valence-electron chi connectivity index (χ1n) is 6.67. The summed E-state index contributed by atoms with van der Waals surface area (Å²) in [7, 11) is 5.91. The van der Waals surface area contributed by atoms with E-state index in [0.717, 1.165) is 31.9 Å². The third-order valence-corrected chi connectivity index (χ3v) is 3.55. The standard InChI is InChI=1S/C13H24N4O/c1-16(2)8-9-17-13(12(18-3)10-15-17)11-4-6-14-7-5-11/h10-11,14H,4-9H2,1-3H3. The van der Waals surface area contributed by atoms with E-state index in [-0.39, 0.29) is 0 Å². The quantitative estimate of drug-likeness (QED) is 0.846. The van der Waals surface area contributed by atoms with Crippen molar-refractivity contribution in [2.75, 3.05) is 40.8 Å². The van der Waals surface area contributed by atoms with Crippen LogP contribution < -0.4 is 10.1 Å². The summed E-state index contributed by atoms with van der Waals surface area (Å²) in [5.74, 6) is 1.52. The van der Waals surface area contributed by atoms with Gasteiger partial charge >= 0.3 is 0 Å². The summed E-state index contributed by atoms with van der Waals surface area (Å²) in [6, 6.07) is 0. The van der Waals surface area contributed by atoms with Crippen LogP contribution in [0.15, 0.2) is 6.20 Å². The van der Waals surface area contributed by atoms with Gasteiger partial charge in [-0.3, -0.25) is 4.68 Å². The zero-order chi connectivity index (χ0) is 13.0. The number of ether oxygens (including phenoxy) is 1. The molecule has 0 spiro atoms. The molecule has 0 atom stereocenters. The van der Waals surface area contributed by atoms with Crippen molar-refractivity contribution < 1.29 is 4.74 Å². The second-order valence-corrected chi connectivity index (χ2v) is 5.15. The van der Waals surface area contributed by atoms with E-state index in [2.05, 4.69) is 34.1 Å². The monoisotopic (exact) mass is 252 g/mol. The highest BCUT2D eigenvalue weighted by Gasteiger charge is 2.23. The zero-order valence-corrected chi connectivity index (χ0v) is 11.6. The molecule has 2 rings (SSSR count). The molecule has 1 aliphatic rings. The molecule has 1 aromatic rings. The van der Waals surface area contributed by atoms with Crippen molar-refractivity contribution in [1.29, 1.82) is 0 Å². The third kappa shape index (κ3) is 3.03. The minimum absolute atomic E-state index is 0.575. The smallest absolute Gasteiger partial charge is 0.160 e. The number of hydrogen-bond acceptors (Lipinski definition) is 4. The molecule has 1 fully saturated rings. The van der Waals surface area contributed by atoms with Gasteiger partial charge in [0, 0.05) is 12.5 Å². The van der Waals surface area contributed by atoms with Crippen LogP contribution in [0.4, 0.5) is 0 Å². The summed E-state index contributed by atoms with van der Waals surface area (Å²) < 4.78 is 7.59. The molecule has 0 saturated carbocycles. The van der Waals surface area contributed by atoms with Crippen LogP contribution in [0.3, 0.4) is 0 Å². The van der Waals surface area contributed by atoms with Crippen LogP contribution in [0.5, 0.6) is 5.75 Å². The number of nitrogens with one attached hydrogen (secondary N) is 1. The predicted molar refractivity (Wildman–Crippen MR) is 72.2 cm³/mol. The van der Waals surface area contributed by atoms with E-state index < -0.39 is 0 Å². The van der Waals surface area contributed by atoms with Gasteiger partial charge in [-0.05, 0) is 40.0 Å². The van der Waals surface area contributed by atoms with Gasteiger partial charge in [0.2, 0.25) is 0 Å². The molecule has 0 radical (unpaired) electrons. The number of piperidine rings is 1. The van der Waals surface area contributed by atoms with E-state index in [0.29, 0.717) is 5.92 Å². The highest BCUT2D eigenvalue weighted by atomic mass is 16.5. The van der Waals surface area contributed by atoms with E-state index >= 15 is 0 Å². The molecule has 18 heavy (non-hydrogen) atoms. The second-order valence-electron chi connectivity index (χ2n) is 5.15. The largest absolute Gasteiger partial charge is 0.493 e. The Bertz CT molecular complexity index is 369. The molecule has 1 aromatic heterocycles. The summed E-state index contributed by atoms with van der Waals surface area (Å²) in [5, 5.41) is 7.88. The molecule has 0 unspecified atom stereocenters. The summed E-state index contributed by atoms with van der Waals surface area (Å²) in [6.07, 6.45) is 4.20. The predicted octanol–water partition coefficient (Wildman–Crippen LogP) is 0.920. The molecule has 5 nitrogen and oxygen atoms in total. The van der Waals surface area contributed by atoms with E-state index in [1.165, 1.54) is 18.5 Å². The Morgan fingerprint density at radius 1 is 1.44 bits per heavy atom. The summed E-state index contributed by atoms with van der Waals surface area (Å²) in [6.45, 7) is 4.11. The average Bonchev–Trinajstić information content (AvgIpc) is 2.80. The van der Waals surface area contributed by atoms with Crippen molar-refractivity contribution in [3.05, 3.63) is 11.9 Å². The maximum Gasteiger partial charge on any atom is 0.160 e. The minimum Gasteiger partial charge on any atom is -0.493 e. The van der Waals surface area contributed by atoms with Gasteiger partial charge in [-0.15, -0.1) is 0 Å². The fourth-order valence-corrected chi connectivity index (χ4v) is 2.52. The van der Waals surface area contributed by atoms with Crippen molar-refractivity contribution >= 4 is 0 Å². The molecule has 0 amide bonds. The molecule has 2 heterocycles. The molecule has 0 aromatic carbocycles. The maximum absolute atomic E-state index is 5.47. The lowest BCUT2D eigenvalue weighted by molar-refractivity contribution is 0.349. The first-order chi connectivity index (χ1) is 8.72. The normalized spacial score (nSPS) is 17.3. The molecule has 0 bridgehead atoms. The number of aromatic nitrogens is 2. The van der Waals surface area contributed by atoms with Crippen LogP contribution in [0.2, 0.25) is 0 Å². The lowest BCUT2D eigenvalue weighted by atomic mass is 9.94. The SMILES string of the molecule is COc1cnn(CCN(C)C)c1C1CCNCC1. The molecule has 5 heteroatoms. The van der Waals surface area contributed by atoms with Crippen LogP contribution in [0.1, 0.15) is 24.5 Å². The molecular formula is C13H24N4O. The van der Waals surface area contributed by atoms with Gasteiger partial charge in [0.05, 0.1) is 25.5 Å². The highest BCUT2D eigenvalue weighted by molar-refractivity contribution is 5.29. The molecular weight excluding hydrogens is 228 g/mol. The summed E-state index contributed by atoms with van der Waals surface area (Å²) in [5.41, 5.74) is 1.28. The Morgan fingerprint density at radius 2 is 2.17 bits per heavy atom. The van der Waals surface area contributed by atoms with Crippen LogP contribution in [0.25, 0.3) is 0 Å². The van der Waals surface area contributed by atoms with Gasteiger partial charge in [0.15, 0.2) is 5.75 Å². The van der Waals surface area contributed by atoms with Crippen molar-refractivity contribution in [2.24, 2.45) is 0 Å². The summed E-state index contributed by atoms with van der Waals surface area (Å²) >= 11 is 0. The first-order valence-corrected chi connectivity index (χ1v) is 6.67. The van der Waals surface area contributed by atoms with Crippen molar-refractivity contribution in [1.82, 2.24) is 20.0 Å². The Morgan fingerprint density at radius 3 is 2.78 bits per heavy atom. The fraction of sp³-hybridized carbons (Fsp3) is 0.769. The van der Waals surface area contributed by atoms with Crippen LogP contribution in [-0.4, -0.2) is 55.5 Å². The van der Waals surface area contributed by atoms with Gasteiger partial charge in [0.1, 0.15) is 0 Å². The number of methoxy groups -OCH3 is 1. The van der Waals surface area contributed by atoms with Crippen LogP contribution >= 0.6 is 0 Å². The van der Waals surface area contributed by atoms with Crippen molar-refractivity contribution in [2.45, 2.75) is 25.3 Å². The molecule has 1 saturated heterocycles. The number of nitrogens with zero attached hydrogens (tertiary/aromatic N) is 3. The topological polar surface area (TPSA) is 42.3 Å². The summed E-state index contributed by atoms with van der Waals surface area (Å²) in [4.78, 5) is 2.18. The Balaban J connectivity index is 2.15. The van der Waals surface area contributed by atoms with Gasteiger partial charge in [0.25, 0.3) is 0 Å².